The Bertz CT molecular complexity index is 294. The molecule has 0 unspecified atom stereocenters. The fourth-order valence-corrected chi connectivity index (χ4v) is 1.21. The summed E-state index contributed by atoms with van der Waals surface area (Å²) in [5, 5.41) is 3.20. The zero-order chi connectivity index (χ0) is 10.6. The molecule has 0 bridgehead atoms. The van der Waals surface area contributed by atoms with Crippen LogP contribution < -0.4 is 5.32 Å². The van der Waals surface area contributed by atoms with Gasteiger partial charge in [-0.15, -0.1) is 0 Å². The predicted molar refractivity (Wildman–Crippen MR) is 59.1 cm³/mol. The average molecular weight is 195 g/mol. The highest BCUT2D eigenvalue weighted by Gasteiger charge is 1.99. The van der Waals surface area contributed by atoms with Crippen molar-refractivity contribution in [2.24, 2.45) is 5.92 Å². The molecule has 14 heavy (non-hydrogen) atoms. The lowest BCUT2D eigenvalue weighted by atomic mass is 10.1. The molecule has 0 saturated carbocycles. The number of nitrogens with one attached hydrogen (secondary N) is 1. The van der Waals surface area contributed by atoms with Crippen molar-refractivity contribution in [1.82, 2.24) is 0 Å². The molecule has 0 aliphatic rings. The number of hydrogen-bond acceptors (Lipinski definition) is 1. The number of halogens is 1. The lowest BCUT2D eigenvalue weighted by molar-refractivity contribution is 0.605. The Morgan fingerprint density at radius 1 is 1.36 bits per heavy atom. The minimum atomic E-state index is -0.139. The first kappa shape index (κ1) is 11.0. The third kappa shape index (κ3) is 3.36. The molecule has 1 nitrogen and oxygen atoms in total. The number of anilines is 1. The van der Waals surface area contributed by atoms with Crippen molar-refractivity contribution in [2.75, 3.05) is 11.9 Å². The third-order valence-corrected chi connectivity index (χ3v) is 2.22. The van der Waals surface area contributed by atoms with Crippen LogP contribution in [0.5, 0.6) is 0 Å². The fourth-order valence-electron chi connectivity index (χ4n) is 1.21. The van der Waals surface area contributed by atoms with Crippen molar-refractivity contribution in [3.05, 3.63) is 29.6 Å². The monoisotopic (exact) mass is 195 g/mol. The Kier molecular flexibility index (Phi) is 3.93. The van der Waals surface area contributed by atoms with E-state index >= 15 is 0 Å². The van der Waals surface area contributed by atoms with Gasteiger partial charge in [-0.2, -0.15) is 0 Å². The first-order valence-electron chi connectivity index (χ1n) is 5.09. The maximum absolute atomic E-state index is 13.1. The van der Waals surface area contributed by atoms with Gasteiger partial charge in [0.1, 0.15) is 5.82 Å². The van der Waals surface area contributed by atoms with Crippen LogP contribution in [0.4, 0.5) is 10.1 Å². The largest absolute Gasteiger partial charge is 0.385 e. The molecule has 0 amide bonds. The summed E-state index contributed by atoms with van der Waals surface area (Å²) >= 11 is 0. The molecule has 0 spiro atoms. The van der Waals surface area contributed by atoms with Gasteiger partial charge in [0.05, 0.1) is 0 Å². The summed E-state index contributed by atoms with van der Waals surface area (Å²) in [6, 6.07) is 5.27. The van der Waals surface area contributed by atoms with Crippen molar-refractivity contribution in [3.63, 3.8) is 0 Å². The van der Waals surface area contributed by atoms with Gasteiger partial charge in [-0.25, -0.2) is 4.39 Å². The van der Waals surface area contributed by atoms with E-state index in [4.69, 9.17) is 0 Å². The Balaban J connectivity index is 2.47. The first-order valence-corrected chi connectivity index (χ1v) is 5.09. The van der Waals surface area contributed by atoms with Crippen LogP contribution in [0.15, 0.2) is 18.2 Å². The molecule has 0 heterocycles. The smallest absolute Gasteiger partial charge is 0.128 e. The topological polar surface area (TPSA) is 12.0 Å². The molecular weight excluding hydrogens is 177 g/mol. The van der Waals surface area contributed by atoms with Crippen LogP contribution in [0.1, 0.15) is 25.8 Å². The summed E-state index contributed by atoms with van der Waals surface area (Å²) < 4.78 is 13.1. The van der Waals surface area contributed by atoms with Gasteiger partial charge in [-0.3, -0.25) is 0 Å². The maximum atomic E-state index is 13.1. The van der Waals surface area contributed by atoms with E-state index in [1.807, 2.05) is 6.07 Å². The van der Waals surface area contributed by atoms with Gasteiger partial charge >= 0.3 is 0 Å². The SMILES string of the molecule is Cc1ccc(NCCC(C)C)cc1F. The molecule has 1 aromatic rings. The molecule has 0 saturated heterocycles. The van der Waals surface area contributed by atoms with Gasteiger partial charge in [0.25, 0.3) is 0 Å². The van der Waals surface area contributed by atoms with E-state index in [9.17, 15) is 4.39 Å². The van der Waals surface area contributed by atoms with Gasteiger partial charge in [-0.05, 0) is 37.0 Å². The van der Waals surface area contributed by atoms with Gasteiger partial charge < -0.3 is 5.32 Å². The third-order valence-electron chi connectivity index (χ3n) is 2.22. The summed E-state index contributed by atoms with van der Waals surface area (Å²) in [4.78, 5) is 0. The standard InChI is InChI=1S/C12H18FN/c1-9(2)6-7-14-11-5-4-10(3)12(13)8-11/h4-5,8-9,14H,6-7H2,1-3H3. The van der Waals surface area contributed by atoms with Crippen molar-refractivity contribution < 1.29 is 4.39 Å². The number of rotatable bonds is 4. The van der Waals surface area contributed by atoms with Crippen molar-refractivity contribution >= 4 is 5.69 Å². The van der Waals surface area contributed by atoms with E-state index in [1.54, 1.807) is 19.1 Å². The quantitative estimate of drug-likeness (QED) is 0.774. The summed E-state index contributed by atoms with van der Waals surface area (Å²) in [5.74, 6) is 0.539. The minimum absolute atomic E-state index is 0.139. The second kappa shape index (κ2) is 4.99. The van der Waals surface area contributed by atoms with Crippen LogP contribution in [-0.4, -0.2) is 6.54 Å². The minimum Gasteiger partial charge on any atom is -0.385 e. The molecule has 0 aromatic heterocycles. The number of aryl methyl sites for hydroxylation is 1. The second-order valence-electron chi connectivity index (χ2n) is 4.07. The van der Waals surface area contributed by atoms with Crippen LogP contribution in [0, 0.1) is 18.7 Å². The number of hydrogen-bond donors (Lipinski definition) is 1. The van der Waals surface area contributed by atoms with Gasteiger partial charge in [-0.1, -0.05) is 19.9 Å². The Labute approximate surface area is 85.3 Å². The molecule has 0 aliphatic carbocycles. The molecule has 0 fully saturated rings. The lowest BCUT2D eigenvalue weighted by Gasteiger charge is -2.08. The van der Waals surface area contributed by atoms with Gasteiger partial charge in [0, 0.05) is 12.2 Å². The molecule has 0 atom stereocenters. The molecule has 1 rings (SSSR count). The molecular formula is C12H18FN. The molecule has 0 aliphatic heterocycles. The maximum Gasteiger partial charge on any atom is 0.128 e. The Morgan fingerprint density at radius 3 is 2.64 bits per heavy atom. The average Bonchev–Trinajstić information content (AvgIpc) is 2.10. The van der Waals surface area contributed by atoms with Crippen LogP contribution in [0.3, 0.4) is 0 Å². The normalized spacial score (nSPS) is 10.6. The molecule has 78 valence electrons. The summed E-state index contributed by atoms with van der Waals surface area (Å²) in [6.45, 7) is 7.03. The summed E-state index contributed by atoms with van der Waals surface area (Å²) in [6.07, 6.45) is 1.11. The van der Waals surface area contributed by atoms with Crippen molar-refractivity contribution in [2.45, 2.75) is 27.2 Å². The van der Waals surface area contributed by atoms with E-state index in [0.29, 0.717) is 11.5 Å². The van der Waals surface area contributed by atoms with Crippen molar-refractivity contribution in [1.29, 1.82) is 0 Å². The molecule has 0 radical (unpaired) electrons. The van der Waals surface area contributed by atoms with E-state index in [0.717, 1.165) is 18.7 Å². The molecule has 1 N–H and O–H groups in total. The van der Waals surface area contributed by atoms with Crippen LogP contribution in [0.25, 0.3) is 0 Å². The van der Waals surface area contributed by atoms with Gasteiger partial charge in [0.2, 0.25) is 0 Å². The molecule has 2 heteroatoms. The Morgan fingerprint density at radius 2 is 2.07 bits per heavy atom. The van der Waals surface area contributed by atoms with E-state index in [-0.39, 0.29) is 5.82 Å². The van der Waals surface area contributed by atoms with Crippen molar-refractivity contribution in [3.8, 4) is 0 Å². The zero-order valence-corrected chi connectivity index (χ0v) is 9.10. The summed E-state index contributed by atoms with van der Waals surface area (Å²) in [5.41, 5.74) is 1.56. The van der Waals surface area contributed by atoms with Crippen LogP contribution >= 0.6 is 0 Å². The van der Waals surface area contributed by atoms with Crippen LogP contribution in [-0.2, 0) is 0 Å². The predicted octanol–water partition coefficient (Wildman–Crippen LogP) is 3.59. The fraction of sp³-hybridized carbons (Fsp3) is 0.500. The lowest BCUT2D eigenvalue weighted by Crippen LogP contribution is -2.04. The van der Waals surface area contributed by atoms with Gasteiger partial charge in [0.15, 0.2) is 0 Å². The Hall–Kier alpha value is -1.05. The van der Waals surface area contributed by atoms with Crippen LogP contribution in [0.2, 0.25) is 0 Å². The van der Waals surface area contributed by atoms with E-state index in [1.165, 1.54) is 0 Å². The zero-order valence-electron chi connectivity index (χ0n) is 9.10. The highest BCUT2D eigenvalue weighted by molar-refractivity contribution is 5.44. The molecule has 1 aromatic carbocycles. The highest BCUT2D eigenvalue weighted by atomic mass is 19.1. The number of benzene rings is 1. The first-order chi connectivity index (χ1) is 6.59. The second-order valence-corrected chi connectivity index (χ2v) is 4.07. The van der Waals surface area contributed by atoms with E-state index in [2.05, 4.69) is 19.2 Å². The summed E-state index contributed by atoms with van der Waals surface area (Å²) in [7, 11) is 0. The van der Waals surface area contributed by atoms with E-state index < -0.39 is 0 Å². The highest BCUT2D eigenvalue weighted by Crippen LogP contribution is 2.13.